The van der Waals surface area contributed by atoms with E-state index in [0.717, 1.165) is 42.1 Å². The first-order chi connectivity index (χ1) is 13.2. The third-order valence-corrected chi connectivity index (χ3v) is 7.38. The van der Waals surface area contributed by atoms with Crippen molar-refractivity contribution in [2.45, 2.75) is 96.8 Å². The monoisotopic (exact) mass is 376 g/mol. The summed E-state index contributed by atoms with van der Waals surface area (Å²) >= 11 is 0. The molecule has 0 aromatic heterocycles. The largest absolute Gasteiger partial charge is 0.204 e. The van der Waals surface area contributed by atoms with Gasteiger partial charge in [-0.3, -0.25) is 0 Å². The number of rotatable bonds is 8. The van der Waals surface area contributed by atoms with E-state index in [1.807, 2.05) is 0 Å². The van der Waals surface area contributed by atoms with Crippen molar-refractivity contribution in [2.75, 3.05) is 0 Å². The third-order valence-electron chi connectivity index (χ3n) is 7.38. The van der Waals surface area contributed by atoms with Crippen molar-refractivity contribution in [3.8, 4) is 0 Å². The fraction of sp³-hybridized carbons (Fsp3) is 0.760. The molecule has 0 nitrogen and oxygen atoms in total. The van der Waals surface area contributed by atoms with Gasteiger partial charge >= 0.3 is 0 Å². The Bertz CT molecular complexity index is 537. The summed E-state index contributed by atoms with van der Waals surface area (Å²) in [6.07, 6.45) is 18.7. The fourth-order valence-corrected chi connectivity index (χ4v) is 6.14. The van der Waals surface area contributed by atoms with Gasteiger partial charge in [0.15, 0.2) is 11.6 Å². The Kier molecular flexibility index (Phi) is 8.15. The molecule has 0 heterocycles. The number of hydrogen-bond acceptors (Lipinski definition) is 0. The molecule has 0 radical (unpaired) electrons. The third kappa shape index (κ3) is 5.78. The van der Waals surface area contributed by atoms with E-state index < -0.39 is 11.6 Å². The van der Waals surface area contributed by atoms with Crippen molar-refractivity contribution in [1.82, 2.24) is 0 Å². The van der Waals surface area contributed by atoms with E-state index in [0.29, 0.717) is 0 Å². The molecule has 2 heteroatoms. The summed E-state index contributed by atoms with van der Waals surface area (Å²) < 4.78 is 26.9. The lowest BCUT2D eigenvalue weighted by atomic mass is 9.63. The van der Waals surface area contributed by atoms with Crippen LogP contribution in [0.1, 0.15) is 96.0 Å². The summed E-state index contributed by atoms with van der Waals surface area (Å²) in [5, 5.41) is 0. The molecule has 0 saturated heterocycles. The van der Waals surface area contributed by atoms with Gasteiger partial charge in [-0.1, -0.05) is 90.0 Å². The van der Waals surface area contributed by atoms with Gasteiger partial charge in [0, 0.05) is 0 Å². The number of aryl methyl sites for hydroxylation is 1. The quantitative estimate of drug-likeness (QED) is 0.430. The van der Waals surface area contributed by atoms with Gasteiger partial charge in [-0.15, -0.1) is 0 Å². The molecule has 0 aliphatic heterocycles. The van der Waals surface area contributed by atoms with E-state index in [9.17, 15) is 8.78 Å². The Morgan fingerprint density at radius 1 is 0.815 bits per heavy atom. The van der Waals surface area contributed by atoms with Crippen LogP contribution in [-0.2, 0) is 6.42 Å². The molecule has 1 aromatic rings. The maximum Gasteiger partial charge on any atom is 0.159 e. The van der Waals surface area contributed by atoms with E-state index >= 15 is 0 Å². The molecule has 0 amide bonds. The minimum absolute atomic E-state index is 0.698. The van der Waals surface area contributed by atoms with Crippen LogP contribution < -0.4 is 0 Å². The average molecular weight is 377 g/mol. The second kappa shape index (κ2) is 10.6. The summed E-state index contributed by atoms with van der Waals surface area (Å²) in [6, 6.07) is 4.48. The van der Waals surface area contributed by atoms with Crippen LogP contribution in [0.15, 0.2) is 18.2 Å². The molecule has 1 aromatic carbocycles. The molecule has 2 saturated carbocycles. The van der Waals surface area contributed by atoms with Gasteiger partial charge < -0.3 is 0 Å². The predicted octanol–water partition coefficient (Wildman–Crippen LogP) is 8.09. The molecule has 0 bridgehead atoms. The molecular weight excluding hydrogens is 338 g/mol. The first-order valence-electron chi connectivity index (χ1n) is 11.6. The topological polar surface area (TPSA) is 0 Å². The highest BCUT2D eigenvalue weighted by molar-refractivity contribution is 5.18. The van der Waals surface area contributed by atoms with Crippen LogP contribution in [0.5, 0.6) is 0 Å². The van der Waals surface area contributed by atoms with Crippen LogP contribution in [0.3, 0.4) is 0 Å². The normalized spacial score (nSPS) is 20.9. The SMILES string of the molecule is CCCC(CCc1ccc(F)c(F)c1)C(C1CCCCC1)C1CCCCC1. The number of benzene rings is 1. The molecule has 0 spiro atoms. The zero-order valence-corrected chi connectivity index (χ0v) is 17.2. The molecule has 0 N–H and O–H groups in total. The van der Waals surface area contributed by atoms with Crippen LogP contribution in [0.25, 0.3) is 0 Å². The zero-order valence-electron chi connectivity index (χ0n) is 17.2. The standard InChI is InChI=1S/C25H38F2/c1-2-9-20(16-14-19-15-17-23(26)24(27)18-19)25(21-10-5-3-6-11-21)22-12-7-4-8-13-22/h15,17-18,20-22,25H,2-14,16H2,1H3. The lowest BCUT2D eigenvalue weighted by molar-refractivity contribution is 0.0773. The molecule has 2 fully saturated rings. The van der Waals surface area contributed by atoms with Crippen molar-refractivity contribution in [2.24, 2.45) is 23.7 Å². The maximum absolute atomic E-state index is 13.6. The Morgan fingerprint density at radius 2 is 1.41 bits per heavy atom. The van der Waals surface area contributed by atoms with E-state index in [2.05, 4.69) is 6.92 Å². The van der Waals surface area contributed by atoms with Gasteiger partial charge in [0.25, 0.3) is 0 Å². The van der Waals surface area contributed by atoms with E-state index in [4.69, 9.17) is 0 Å². The molecule has 2 aliphatic rings. The van der Waals surface area contributed by atoms with E-state index in [1.165, 1.54) is 89.2 Å². The van der Waals surface area contributed by atoms with Gasteiger partial charge in [0.1, 0.15) is 0 Å². The molecule has 3 rings (SSSR count). The summed E-state index contributed by atoms with van der Waals surface area (Å²) in [7, 11) is 0. The average Bonchev–Trinajstić information content (AvgIpc) is 2.70. The second-order valence-corrected chi connectivity index (χ2v) is 9.21. The van der Waals surface area contributed by atoms with Gasteiger partial charge in [-0.25, -0.2) is 8.78 Å². The second-order valence-electron chi connectivity index (χ2n) is 9.21. The molecule has 27 heavy (non-hydrogen) atoms. The van der Waals surface area contributed by atoms with E-state index in [-0.39, 0.29) is 0 Å². The van der Waals surface area contributed by atoms with Crippen molar-refractivity contribution < 1.29 is 8.78 Å². The van der Waals surface area contributed by atoms with Crippen molar-refractivity contribution in [3.63, 3.8) is 0 Å². The van der Waals surface area contributed by atoms with Crippen LogP contribution in [0.2, 0.25) is 0 Å². The fourth-order valence-electron chi connectivity index (χ4n) is 6.14. The molecule has 1 atom stereocenters. The van der Waals surface area contributed by atoms with Gasteiger partial charge in [-0.05, 0) is 54.2 Å². The Labute approximate surface area is 165 Å². The first kappa shape index (κ1) is 20.8. The zero-order chi connectivity index (χ0) is 19.1. The lowest BCUT2D eigenvalue weighted by Gasteiger charge is -2.43. The van der Waals surface area contributed by atoms with Crippen LogP contribution in [-0.4, -0.2) is 0 Å². The van der Waals surface area contributed by atoms with Crippen molar-refractivity contribution in [1.29, 1.82) is 0 Å². The van der Waals surface area contributed by atoms with Crippen LogP contribution in [0, 0.1) is 35.3 Å². The van der Waals surface area contributed by atoms with Gasteiger partial charge in [-0.2, -0.15) is 0 Å². The van der Waals surface area contributed by atoms with Crippen LogP contribution >= 0.6 is 0 Å². The number of halogens is 2. The lowest BCUT2D eigenvalue weighted by Crippen LogP contribution is -2.33. The minimum Gasteiger partial charge on any atom is -0.204 e. The highest BCUT2D eigenvalue weighted by Crippen LogP contribution is 2.46. The summed E-state index contributed by atoms with van der Waals surface area (Å²) in [4.78, 5) is 0. The molecular formula is C25H38F2. The summed E-state index contributed by atoms with van der Waals surface area (Å²) in [5.41, 5.74) is 0.959. The highest BCUT2D eigenvalue weighted by Gasteiger charge is 2.36. The molecule has 152 valence electrons. The Morgan fingerprint density at radius 3 is 1.93 bits per heavy atom. The molecule has 1 unspecified atom stereocenters. The summed E-state index contributed by atoms with van der Waals surface area (Å²) in [5.74, 6) is 1.98. The van der Waals surface area contributed by atoms with Gasteiger partial charge in [0.2, 0.25) is 0 Å². The van der Waals surface area contributed by atoms with Crippen molar-refractivity contribution >= 4 is 0 Å². The Balaban J connectivity index is 1.72. The minimum atomic E-state index is -0.730. The van der Waals surface area contributed by atoms with Gasteiger partial charge in [0.05, 0.1) is 0 Å². The smallest absolute Gasteiger partial charge is 0.159 e. The maximum atomic E-state index is 13.6. The highest BCUT2D eigenvalue weighted by atomic mass is 19.2. The predicted molar refractivity (Wildman–Crippen MR) is 110 cm³/mol. The Hall–Kier alpha value is -0.920. The van der Waals surface area contributed by atoms with Crippen LogP contribution in [0.4, 0.5) is 8.78 Å². The number of hydrogen-bond donors (Lipinski definition) is 0. The molecule has 2 aliphatic carbocycles. The van der Waals surface area contributed by atoms with Crippen molar-refractivity contribution in [3.05, 3.63) is 35.4 Å². The first-order valence-corrected chi connectivity index (χ1v) is 11.6. The van der Waals surface area contributed by atoms with E-state index in [1.54, 1.807) is 6.07 Å². The summed E-state index contributed by atoms with van der Waals surface area (Å²) in [6.45, 7) is 2.31.